The van der Waals surface area contributed by atoms with Crippen molar-refractivity contribution in [2.75, 3.05) is 33.0 Å². The number of amides is 1. The molecule has 1 fully saturated rings. The highest BCUT2D eigenvalue weighted by Gasteiger charge is 2.27. The van der Waals surface area contributed by atoms with Crippen molar-refractivity contribution in [2.24, 2.45) is 0 Å². The number of carbonyl (C=O) groups is 1. The molecule has 30 heavy (non-hydrogen) atoms. The molecule has 0 aliphatic carbocycles. The van der Waals surface area contributed by atoms with Gasteiger partial charge in [0.15, 0.2) is 11.5 Å². The highest BCUT2D eigenvalue weighted by Crippen LogP contribution is 2.32. The summed E-state index contributed by atoms with van der Waals surface area (Å²) >= 11 is 0. The van der Waals surface area contributed by atoms with Crippen molar-refractivity contribution in [1.29, 1.82) is 0 Å². The number of nitrogen functional groups attached to an aromatic ring is 1. The number of nitrogens with two attached hydrogens (primary N) is 1. The van der Waals surface area contributed by atoms with Gasteiger partial charge in [-0.2, -0.15) is 0 Å². The Balaban J connectivity index is 1.50. The van der Waals surface area contributed by atoms with E-state index in [2.05, 4.69) is 0 Å². The molecule has 156 valence electrons. The smallest absolute Gasteiger partial charge is 0.227 e. The first kappa shape index (κ1) is 20.0. The lowest BCUT2D eigenvalue weighted by Gasteiger charge is -2.33. The first-order chi connectivity index (χ1) is 14.6. The molecule has 1 aromatic heterocycles. The van der Waals surface area contributed by atoms with Crippen LogP contribution in [0.4, 0.5) is 5.69 Å². The van der Waals surface area contributed by atoms with Gasteiger partial charge >= 0.3 is 0 Å². The Morgan fingerprint density at radius 1 is 1.13 bits per heavy atom. The number of hydrogen-bond acceptors (Lipinski definition) is 5. The maximum Gasteiger partial charge on any atom is 0.227 e. The molecule has 0 saturated carbocycles. The molecule has 1 amide bonds. The highest BCUT2D eigenvalue weighted by molar-refractivity contribution is 5.82. The number of anilines is 1. The summed E-state index contributed by atoms with van der Waals surface area (Å²) in [5.41, 5.74) is 9.78. The Morgan fingerprint density at radius 2 is 1.93 bits per heavy atom. The van der Waals surface area contributed by atoms with Crippen LogP contribution in [0.1, 0.15) is 30.0 Å². The molecule has 1 atom stereocenters. The SMILES string of the molecule is COc1ccc(CC(=O)N2CCCC(c3nc4ccccc4cc3N)C2)cc1OC. The minimum atomic E-state index is 0.103. The fourth-order valence-electron chi connectivity index (χ4n) is 4.18. The highest BCUT2D eigenvalue weighted by atomic mass is 16.5. The van der Waals surface area contributed by atoms with Gasteiger partial charge in [-0.3, -0.25) is 9.78 Å². The Bertz CT molecular complexity index is 1070. The van der Waals surface area contributed by atoms with E-state index in [0.29, 0.717) is 30.2 Å². The van der Waals surface area contributed by atoms with Crippen molar-refractivity contribution in [3.63, 3.8) is 0 Å². The number of hydrogen-bond donors (Lipinski definition) is 1. The number of para-hydroxylation sites is 1. The van der Waals surface area contributed by atoms with E-state index < -0.39 is 0 Å². The van der Waals surface area contributed by atoms with E-state index in [1.54, 1.807) is 14.2 Å². The van der Waals surface area contributed by atoms with Crippen LogP contribution in [-0.4, -0.2) is 43.1 Å². The molecular weight excluding hydrogens is 378 g/mol. The number of nitrogens with zero attached hydrogens (tertiary/aromatic N) is 2. The summed E-state index contributed by atoms with van der Waals surface area (Å²) in [5, 5.41) is 1.04. The zero-order chi connectivity index (χ0) is 21.1. The second kappa shape index (κ2) is 8.61. The maximum absolute atomic E-state index is 13.0. The van der Waals surface area contributed by atoms with E-state index in [-0.39, 0.29) is 11.8 Å². The number of fused-ring (bicyclic) bond motifs is 1. The minimum Gasteiger partial charge on any atom is -0.493 e. The number of aromatic nitrogens is 1. The van der Waals surface area contributed by atoms with Crippen LogP contribution in [0, 0.1) is 0 Å². The number of rotatable bonds is 5. The van der Waals surface area contributed by atoms with Crippen LogP contribution in [0.2, 0.25) is 0 Å². The summed E-state index contributed by atoms with van der Waals surface area (Å²) in [6.45, 7) is 1.40. The van der Waals surface area contributed by atoms with Crippen molar-refractivity contribution >= 4 is 22.5 Å². The first-order valence-electron chi connectivity index (χ1n) is 10.2. The van der Waals surface area contributed by atoms with Crippen LogP contribution in [0.25, 0.3) is 10.9 Å². The third kappa shape index (κ3) is 4.03. The van der Waals surface area contributed by atoms with Crippen molar-refractivity contribution in [1.82, 2.24) is 9.88 Å². The van der Waals surface area contributed by atoms with E-state index >= 15 is 0 Å². The van der Waals surface area contributed by atoms with Crippen molar-refractivity contribution in [3.8, 4) is 11.5 Å². The molecule has 1 aliphatic rings. The van der Waals surface area contributed by atoms with Gasteiger partial charge in [-0.05, 0) is 42.7 Å². The second-order valence-corrected chi connectivity index (χ2v) is 7.70. The van der Waals surface area contributed by atoms with Crippen LogP contribution in [-0.2, 0) is 11.2 Å². The van der Waals surface area contributed by atoms with Crippen LogP contribution < -0.4 is 15.2 Å². The first-order valence-corrected chi connectivity index (χ1v) is 10.2. The molecule has 0 radical (unpaired) electrons. The number of pyridine rings is 1. The Kier molecular flexibility index (Phi) is 5.74. The van der Waals surface area contributed by atoms with Crippen LogP contribution in [0.15, 0.2) is 48.5 Å². The van der Waals surface area contributed by atoms with Crippen LogP contribution >= 0.6 is 0 Å². The van der Waals surface area contributed by atoms with Crippen molar-refractivity contribution < 1.29 is 14.3 Å². The van der Waals surface area contributed by atoms with Gasteiger partial charge in [-0.25, -0.2) is 0 Å². The van der Waals surface area contributed by atoms with Crippen LogP contribution in [0.3, 0.4) is 0 Å². The Labute approximate surface area is 176 Å². The Morgan fingerprint density at radius 3 is 2.73 bits per heavy atom. The molecule has 2 aromatic carbocycles. The summed E-state index contributed by atoms with van der Waals surface area (Å²) < 4.78 is 10.6. The van der Waals surface area contributed by atoms with Gasteiger partial charge in [0.1, 0.15) is 0 Å². The molecule has 2 N–H and O–H groups in total. The number of likely N-dealkylation sites (tertiary alicyclic amines) is 1. The van der Waals surface area contributed by atoms with Gasteiger partial charge in [0.2, 0.25) is 5.91 Å². The van der Waals surface area contributed by atoms with Gasteiger partial charge in [0, 0.05) is 24.4 Å². The predicted molar refractivity (Wildman–Crippen MR) is 118 cm³/mol. The number of ether oxygens (including phenoxy) is 2. The van der Waals surface area contributed by atoms with Gasteiger partial charge < -0.3 is 20.1 Å². The van der Waals surface area contributed by atoms with E-state index in [9.17, 15) is 4.79 Å². The Hall–Kier alpha value is -3.28. The van der Waals surface area contributed by atoms with E-state index in [1.165, 1.54) is 0 Å². The maximum atomic E-state index is 13.0. The van der Waals surface area contributed by atoms with Gasteiger partial charge in [0.05, 0.1) is 37.5 Å². The van der Waals surface area contributed by atoms with Crippen molar-refractivity contribution in [3.05, 3.63) is 59.8 Å². The number of piperidine rings is 1. The summed E-state index contributed by atoms with van der Waals surface area (Å²) in [6.07, 6.45) is 2.25. The van der Waals surface area contributed by atoms with Gasteiger partial charge in [-0.1, -0.05) is 24.3 Å². The summed E-state index contributed by atoms with van der Waals surface area (Å²) in [7, 11) is 3.20. The number of methoxy groups -OCH3 is 2. The summed E-state index contributed by atoms with van der Waals surface area (Å²) in [5.74, 6) is 1.54. The minimum absolute atomic E-state index is 0.103. The van der Waals surface area contributed by atoms with Gasteiger partial charge in [-0.15, -0.1) is 0 Å². The molecule has 6 nitrogen and oxygen atoms in total. The number of benzene rings is 2. The van der Waals surface area contributed by atoms with Crippen LogP contribution in [0.5, 0.6) is 11.5 Å². The lowest BCUT2D eigenvalue weighted by atomic mass is 9.92. The zero-order valence-electron chi connectivity index (χ0n) is 17.4. The average molecular weight is 405 g/mol. The molecule has 4 rings (SSSR count). The third-order valence-corrected chi connectivity index (χ3v) is 5.75. The summed E-state index contributed by atoms with van der Waals surface area (Å²) in [6, 6.07) is 15.6. The fourth-order valence-corrected chi connectivity index (χ4v) is 4.18. The third-order valence-electron chi connectivity index (χ3n) is 5.75. The lowest BCUT2D eigenvalue weighted by molar-refractivity contribution is -0.131. The summed E-state index contributed by atoms with van der Waals surface area (Å²) in [4.78, 5) is 19.8. The predicted octanol–water partition coefficient (Wildman–Crippen LogP) is 3.78. The largest absolute Gasteiger partial charge is 0.493 e. The molecule has 2 heterocycles. The quantitative estimate of drug-likeness (QED) is 0.699. The topological polar surface area (TPSA) is 77.7 Å². The zero-order valence-corrected chi connectivity index (χ0v) is 17.4. The number of carbonyl (C=O) groups excluding carboxylic acids is 1. The molecule has 1 saturated heterocycles. The molecule has 3 aromatic rings. The monoisotopic (exact) mass is 405 g/mol. The molecule has 6 heteroatoms. The van der Waals surface area contributed by atoms with Crippen molar-refractivity contribution in [2.45, 2.75) is 25.2 Å². The van der Waals surface area contributed by atoms with Gasteiger partial charge in [0.25, 0.3) is 0 Å². The second-order valence-electron chi connectivity index (χ2n) is 7.70. The molecule has 1 unspecified atom stereocenters. The molecular formula is C24H27N3O3. The normalized spacial score (nSPS) is 16.5. The molecule has 0 bridgehead atoms. The fraction of sp³-hybridized carbons (Fsp3) is 0.333. The molecule has 1 aliphatic heterocycles. The van der Waals surface area contributed by atoms with E-state index in [1.807, 2.05) is 53.4 Å². The standard InChI is InChI=1S/C24H27N3O3/c1-29-21-10-9-16(12-22(21)30-2)13-23(28)27-11-5-7-18(15-27)24-19(25)14-17-6-3-4-8-20(17)26-24/h3-4,6,8-10,12,14,18H,5,7,11,13,15,25H2,1-2H3. The van der Waals surface area contributed by atoms with E-state index in [0.717, 1.165) is 41.5 Å². The molecule has 0 spiro atoms. The lowest BCUT2D eigenvalue weighted by Crippen LogP contribution is -2.40. The van der Waals surface area contributed by atoms with E-state index in [4.69, 9.17) is 20.2 Å². The average Bonchev–Trinajstić information content (AvgIpc) is 2.78.